The fourth-order valence-electron chi connectivity index (χ4n) is 3.11. The molecular weight excluding hydrogens is 554 g/mol. The first kappa shape index (κ1) is 17.5. The van der Waals surface area contributed by atoms with Gasteiger partial charge < -0.3 is 39.4 Å². The third kappa shape index (κ3) is 6.15. The summed E-state index contributed by atoms with van der Waals surface area (Å²) in [6, 6.07) is -3.10. The van der Waals surface area contributed by atoms with Crippen molar-refractivity contribution in [2.45, 2.75) is 19.3 Å². The van der Waals surface area contributed by atoms with Crippen molar-refractivity contribution in [1.82, 2.24) is 15.0 Å². The second-order valence-corrected chi connectivity index (χ2v) is 8.66. The number of ether oxygens (including phenoxy) is 4. The minimum Gasteiger partial charge on any atom is -0.493 e. The lowest BCUT2D eigenvalue weighted by atomic mass is 10.1. The van der Waals surface area contributed by atoms with Gasteiger partial charge in [-0.1, -0.05) is 0 Å². The highest BCUT2D eigenvalue weighted by atomic mass is 31.2. The van der Waals surface area contributed by atoms with Gasteiger partial charge in [-0.25, -0.2) is 18.9 Å². The molecule has 40 heavy (non-hydrogen) atoms. The normalized spacial score (nSPS) is 18.8. The molecule has 17 heteroatoms. The van der Waals surface area contributed by atoms with Crippen LogP contribution in [-0.2, 0) is 13.9 Å². The third-order valence-corrected chi connectivity index (χ3v) is 5.24. The number of anilines is 5. The molecular formula is C23H26FN6O9P. The molecule has 1 aliphatic heterocycles. The van der Waals surface area contributed by atoms with Gasteiger partial charge in [-0.05, 0) is 25.8 Å². The van der Waals surface area contributed by atoms with Gasteiger partial charge in [0.2, 0.25) is 11.7 Å². The van der Waals surface area contributed by atoms with E-state index in [4.69, 9.17) is 34.0 Å². The predicted octanol–water partition coefficient (Wildman–Crippen LogP) is 3.09. The molecule has 1 aliphatic rings. The Labute approximate surface area is 242 Å². The molecule has 15 nitrogen and oxygen atoms in total. The Morgan fingerprint density at radius 3 is 2.45 bits per heavy atom. The van der Waals surface area contributed by atoms with E-state index in [0.29, 0.717) is 0 Å². The maximum absolute atomic E-state index is 15.2. The topological polar surface area (TPSA) is 187 Å². The van der Waals surface area contributed by atoms with Crippen molar-refractivity contribution >= 4 is 42.8 Å². The average Bonchev–Trinajstić information content (AvgIpc) is 3.01. The van der Waals surface area contributed by atoms with Gasteiger partial charge in [0.25, 0.3) is 5.91 Å². The fraction of sp³-hybridized carbons (Fsp3) is 0.304. The van der Waals surface area contributed by atoms with Crippen LogP contribution >= 0.6 is 7.82 Å². The summed E-state index contributed by atoms with van der Waals surface area (Å²) in [5, 5.41) is 4.68. The summed E-state index contributed by atoms with van der Waals surface area (Å²) in [5.74, 6) is -8.40. The number of hydrogen-bond donors (Lipinski definition) is 4. The van der Waals surface area contributed by atoms with Gasteiger partial charge in [-0.2, -0.15) is 4.98 Å². The largest absolute Gasteiger partial charge is 0.493 e. The van der Waals surface area contributed by atoms with Crippen LogP contribution in [0.1, 0.15) is 28.8 Å². The smallest absolute Gasteiger partial charge is 0.471 e. The zero-order valence-corrected chi connectivity index (χ0v) is 21.5. The zero-order chi connectivity index (χ0) is 38.6. The number of phosphoric acid groups is 1. The molecule has 0 saturated carbocycles. The van der Waals surface area contributed by atoms with E-state index in [1.165, 1.54) is 21.3 Å². The molecule has 2 aromatic heterocycles. The van der Waals surface area contributed by atoms with Crippen LogP contribution in [0.3, 0.4) is 0 Å². The summed E-state index contributed by atoms with van der Waals surface area (Å²) < 4.78 is 141. The molecule has 0 bridgehead atoms. The average molecular weight is 592 g/mol. The summed E-state index contributed by atoms with van der Waals surface area (Å²) in [7, 11) is -1.79. The van der Waals surface area contributed by atoms with Crippen molar-refractivity contribution in [3.63, 3.8) is 0 Å². The first-order valence-electron chi connectivity index (χ1n) is 16.0. The Balaban J connectivity index is 1.88. The number of halogens is 1. The monoisotopic (exact) mass is 591 g/mol. The van der Waals surface area contributed by atoms with E-state index < -0.39 is 105 Å². The number of pyridine rings is 1. The van der Waals surface area contributed by atoms with Gasteiger partial charge in [0, 0.05) is 26.0 Å². The van der Waals surface area contributed by atoms with Crippen LogP contribution in [0.2, 0.25) is 0 Å². The number of carbonyl (C=O) groups is 1. The van der Waals surface area contributed by atoms with Gasteiger partial charge in [-0.3, -0.25) is 14.2 Å². The summed E-state index contributed by atoms with van der Waals surface area (Å²) in [5.41, 5.74) is -4.13. The molecule has 0 fully saturated rings. The highest BCUT2D eigenvalue weighted by Crippen LogP contribution is 2.42. The maximum Gasteiger partial charge on any atom is 0.471 e. The SMILES string of the molecule is [2H]c1nc(Nc2c([2H])c(OC)c(OC)c(OC)c2[2H])nc(Nc2nc3c(c([2H])c2[2H])OC(C([2H])([2H])[2H])(C([2H])([2H])[2H])C(=O)N3COP(=O)(O)O)c1F. The molecule has 1 amide bonds. The van der Waals surface area contributed by atoms with Gasteiger partial charge in [0.15, 0.2) is 40.3 Å². The molecule has 0 radical (unpaired) electrons. The molecule has 1 aromatic carbocycles. The Hall–Kier alpha value is -4.24. The number of amides is 1. The quantitative estimate of drug-likeness (QED) is 0.252. The summed E-state index contributed by atoms with van der Waals surface area (Å²) in [6.45, 7) is -9.16. The van der Waals surface area contributed by atoms with Crippen molar-refractivity contribution < 1.29 is 62.1 Å². The van der Waals surface area contributed by atoms with Crippen molar-refractivity contribution in [2.24, 2.45) is 0 Å². The standard InChI is InChI=1S/C23H26FN6O9P/c1-23(2)21(31)30(11-38-40(32,33)34)20-14(39-23)6-7-17(28-20)27-19-13(24)10-25-22(29-19)26-12-8-15(35-3)18(37-5)16(9-12)36-4/h6-10H,11H2,1-5H3,(H2,32,33,34)(H2,25,26,27,28,29)/i1D3,2D3,6D,7D,8D,9D,10D. The van der Waals surface area contributed by atoms with Gasteiger partial charge >= 0.3 is 7.82 Å². The van der Waals surface area contributed by atoms with E-state index in [0.717, 1.165) is 0 Å². The Bertz CT molecular complexity index is 1910. The van der Waals surface area contributed by atoms with Crippen molar-refractivity contribution in [2.75, 3.05) is 43.6 Å². The number of rotatable bonds is 10. The first-order valence-corrected chi connectivity index (χ1v) is 12.1. The number of benzene rings is 1. The van der Waals surface area contributed by atoms with E-state index in [1.54, 1.807) is 0 Å². The van der Waals surface area contributed by atoms with Crippen LogP contribution < -0.4 is 34.5 Å². The lowest BCUT2D eigenvalue weighted by Gasteiger charge is -2.37. The second kappa shape index (κ2) is 11.1. The molecule has 0 unspecified atom stereocenters. The van der Waals surface area contributed by atoms with E-state index in [1.807, 2.05) is 0 Å². The zero-order valence-electron chi connectivity index (χ0n) is 31.6. The third-order valence-electron chi connectivity index (χ3n) is 4.79. The maximum atomic E-state index is 15.2. The minimum absolute atomic E-state index is 0.0502. The molecule has 0 saturated heterocycles. The number of hydrogen-bond acceptors (Lipinski definition) is 12. The summed E-state index contributed by atoms with van der Waals surface area (Å²) >= 11 is 0. The first-order chi connectivity index (χ1) is 23.4. The van der Waals surface area contributed by atoms with Crippen molar-refractivity contribution in [1.29, 1.82) is 0 Å². The number of carbonyl (C=O) groups excluding carboxylic acids is 1. The van der Waals surface area contributed by atoms with Gasteiger partial charge in [0.1, 0.15) is 12.5 Å². The number of phosphoric ester groups is 1. The second-order valence-electron chi connectivity index (χ2n) is 7.42. The van der Waals surface area contributed by atoms with Crippen LogP contribution in [0.5, 0.6) is 23.0 Å². The number of nitrogens with zero attached hydrogens (tertiary/aromatic N) is 4. The molecule has 4 rings (SSSR count). The fourth-order valence-corrected chi connectivity index (χ4v) is 3.38. The Morgan fingerprint density at radius 1 is 1.15 bits per heavy atom. The van der Waals surface area contributed by atoms with Crippen LogP contribution in [0, 0.1) is 5.82 Å². The molecule has 214 valence electrons. The molecule has 0 spiro atoms. The van der Waals surface area contributed by atoms with Crippen molar-refractivity contribution in [3.8, 4) is 23.0 Å². The molecule has 4 N–H and O–H groups in total. The van der Waals surface area contributed by atoms with Crippen LogP contribution in [0.15, 0.2) is 30.3 Å². The lowest BCUT2D eigenvalue weighted by molar-refractivity contribution is -0.133. The Morgan fingerprint density at radius 2 is 1.85 bits per heavy atom. The Kier molecular flexibility index (Phi) is 4.84. The van der Waals surface area contributed by atoms with E-state index in [9.17, 15) is 19.1 Å². The molecule has 3 aromatic rings. The van der Waals surface area contributed by atoms with Crippen LogP contribution in [0.25, 0.3) is 0 Å². The van der Waals surface area contributed by atoms with Crippen LogP contribution in [0.4, 0.5) is 33.5 Å². The number of nitrogens with one attached hydrogen (secondary N) is 2. The van der Waals surface area contributed by atoms with E-state index in [2.05, 4.69) is 30.1 Å². The number of fused-ring (bicyclic) bond motifs is 1. The highest BCUT2D eigenvalue weighted by Gasteiger charge is 2.42. The lowest BCUT2D eigenvalue weighted by Crippen LogP contribution is -2.53. The number of aromatic nitrogens is 3. The van der Waals surface area contributed by atoms with Gasteiger partial charge in [-0.15, -0.1) is 0 Å². The summed E-state index contributed by atoms with van der Waals surface area (Å²) in [4.78, 5) is 43.5. The van der Waals surface area contributed by atoms with E-state index in [-0.39, 0.29) is 27.8 Å². The summed E-state index contributed by atoms with van der Waals surface area (Å²) in [6.07, 6.45) is -1.09. The minimum atomic E-state index is -5.44. The predicted molar refractivity (Wildman–Crippen MR) is 139 cm³/mol. The highest BCUT2D eigenvalue weighted by molar-refractivity contribution is 7.46. The van der Waals surface area contributed by atoms with E-state index >= 15 is 4.39 Å². The van der Waals surface area contributed by atoms with Crippen molar-refractivity contribution in [3.05, 3.63) is 36.2 Å². The van der Waals surface area contributed by atoms with Crippen LogP contribution in [-0.4, -0.2) is 64.3 Å². The van der Waals surface area contributed by atoms with Gasteiger partial charge in [0.05, 0.1) is 34.4 Å². The molecule has 3 heterocycles. The number of methoxy groups -OCH3 is 3. The molecule has 0 aliphatic carbocycles. The molecule has 0 atom stereocenters.